The van der Waals surface area contributed by atoms with Gasteiger partial charge in [0.15, 0.2) is 22.3 Å². The van der Waals surface area contributed by atoms with Crippen molar-refractivity contribution in [3.05, 3.63) is 46.5 Å². The van der Waals surface area contributed by atoms with Gasteiger partial charge >= 0.3 is 5.97 Å². The molecular weight excluding hydrogens is 336 g/mol. The van der Waals surface area contributed by atoms with Gasteiger partial charge in [-0.3, -0.25) is 0 Å². The molecule has 1 aromatic heterocycles. The molecule has 2 aromatic rings. The van der Waals surface area contributed by atoms with Gasteiger partial charge in [0.1, 0.15) is 6.07 Å². The fraction of sp³-hybridized carbons (Fsp3) is 0.188. The lowest BCUT2D eigenvalue weighted by molar-refractivity contribution is -0.138. The molecule has 0 aliphatic carbocycles. The third-order valence-corrected chi connectivity index (χ3v) is 3.85. The summed E-state index contributed by atoms with van der Waals surface area (Å²) >= 11 is 1.25. The number of halogens is 2. The van der Waals surface area contributed by atoms with Crippen molar-refractivity contribution in [2.75, 3.05) is 11.9 Å². The van der Waals surface area contributed by atoms with E-state index < -0.39 is 17.6 Å². The molecule has 1 aromatic carbocycles. The first-order chi connectivity index (χ1) is 11.5. The topological polar surface area (TPSA) is 75.0 Å². The molecule has 1 heterocycles. The van der Waals surface area contributed by atoms with Crippen LogP contribution in [0.15, 0.2) is 30.0 Å². The molecule has 124 valence electrons. The van der Waals surface area contributed by atoms with E-state index >= 15 is 0 Å². The van der Waals surface area contributed by atoms with Gasteiger partial charge in [0, 0.05) is 16.6 Å². The minimum Gasteiger partial charge on any atom is -0.462 e. The second-order valence-corrected chi connectivity index (χ2v) is 5.79. The van der Waals surface area contributed by atoms with Crippen molar-refractivity contribution in [1.29, 1.82) is 5.26 Å². The molecule has 0 bridgehead atoms. The Hall–Kier alpha value is -2.79. The van der Waals surface area contributed by atoms with E-state index in [0.717, 1.165) is 17.0 Å². The number of anilines is 1. The number of benzene rings is 1. The van der Waals surface area contributed by atoms with Crippen LogP contribution in [-0.2, 0) is 9.53 Å². The summed E-state index contributed by atoms with van der Waals surface area (Å²) in [4.78, 5) is 16.6. The maximum atomic E-state index is 13.4. The van der Waals surface area contributed by atoms with Gasteiger partial charge in [-0.05, 0) is 32.0 Å². The lowest BCUT2D eigenvalue weighted by atomic mass is 10.1. The molecule has 0 aliphatic rings. The number of hydrogen-bond acceptors (Lipinski definition) is 6. The van der Waals surface area contributed by atoms with Crippen molar-refractivity contribution in [2.24, 2.45) is 0 Å². The zero-order chi connectivity index (χ0) is 17.7. The predicted octanol–water partition coefficient (Wildman–Crippen LogP) is 3.78. The molecule has 0 unspecified atom stereocenters. The average Bonchev–Trinajstić information content (AvgIpc) is 2.92. The maximum absolute atomic E-state index is 13.4. The van der Waals surface area contributed by atoms with Gasteiger partial charge in [0.2, 0.25) is 0 Å². The minimum atomic E-state index is -0.955. The highest BCUT2D eigenvalue weighted by Gasteiger charge is 2.13. The summed E-state index contributed by atoms with van der Waals surface area (Å²) in [6, 6.07) is 5.26. The Morgan fingerprint density at radius 2 is 2.21 bits per heavy atom. The smallest absolute Gasteiger partial charge is 0.350 e. The summed E-state index contributed by atoms with van der Waals surface area (Å²) < 4.78 is 31.1. The predicted molar refractivity (Wildman–Crippen MR) is 86.2 cm³/mol. The van der Waals surface area contributed by atoms with Gasteiger partial charge in [0.25, 0.3) is 0 Å². The van der Waals surface area contributed by atoms with Gasteiger partial charge in [-0.1, -0.05) is 0 Å². The number of ether oxygens (including phenoxy) is 1. The van der Waals surface area contributed by atoms with Crippen LogP contribution >= 0.6 is 11.3 Å². The Balaban J connectivity index is 2.24. The van der Waals surface area contributed by atoms with Crippen LogP contribution in [0.25, 0.3) is 11.3 Å². The monoisotopic (exact) mass is 349 g/mol. The fourth-order valence-corrected chi connectivity index (χ4v) is 2.65. The summed E-state index contributed by atoms with van der Waals surface area (Å²) in [6.07, 6.45) is 1.20. The van der Waals surface area contributed by atoms with E-state index in [1.807, 2.05) is 0 Å². The van der Waals surface area contributed by atoms with Crippen LogP contribution in [0, 0.1) is 29.9 Å². The number of aromatic nitrogens is 1. The van der Waals surface area contributed by atoms with Gasteiger partial charge in [-0.15, -0.1) is 11.3 Å². The second-order valence-electron chi connectivity index (χ2n) is 4.59. The van der Waals surface area contributed by atoms with E-state index in [0.29, 0.717) is 16.4 Å². The number of hydrogen-bond donors (Lipinski definition) is 1. The van der Waals surface area contributed by atoms with Crippen molar-refractivity contribution >= 4 is 22.4 Å². The molecule has 0 radical (unpaired) electrons. The molecule has 0 aliphatic heterocycles. The van der Waals surface area contributed by atoms with Crippen molar-refractivity contribution < 1.29 is 18.3 Å². The number of carbonyl (C=O) groups excluding carboxylic acids is 1. The Labute approximate surface area is 141 Å². The molecule has 0 fully saturated rings. The van der Waals surface area contributed by atoms with E-state index in [9.17, 15) is 13.6 Å². The van der Waals surface area contributed by atoms with Gasteiger partial charge in [-0.2, -0.15) is 5.26 Å². The molecule has 24 heavy (non-hydrogen) atoms. The first kappa shape index (κ1) is 17.6. The number of esters is 1. The molecule has 1 N–H and O–H groups in total. The highest BCUT2D eigenvalue weighted by Crippen LogP contribution is 2.31. The largest absolute Gasteiger partial charge is 0.462 e. The number of carbonyl (C=O) groups is 1. The van der Waals surface area contributed by atoms with Crippen LogP contribution in [0.4, 0.5) is 13.9 Å². The fourth-order valence-electron chi connectivity index (χ4n) is 1.85. The lowest BCUT2D eigenvalue weighted by Crippen LogP contribution is -2.07. The van der Waals surface area contributed by atoms with E-state index in [1.165, 1.54) is 23.6 Å². The minimum absolute atomic E-state index is 0.161. The molecule has 0 saturated heterocycles. The summed E-state index contributed by atoms with van der Waals surface area (Å²) in [5, 5.41) is 12.1. The lowest BCUT2D eigenvalue weighted by Gasteiger charge is -2.00. The Morgan fingerprint density at radius 3 is 2.83 bits per heavy atom. The number of nitrogens with one attached hydrogen (secondary N) is 1. The zero-order valence-corrected chi connectivity index (χ0v) is 13.7. The van der Waals surface area contributed by atoms with Gasteiger partial charge in [0.05, 0.1) is 12.3 Å². The Morgan fingerprint density at radius 1 is 1.46 bits per heavy atom. The number of nitriles is 1. The summed E-state index contributed by atoms with van der Waals surface area (Å²) in [5.41, 5.74) is 0.731. The number of nitrogens with zero attached hydrogens (tertiary/aromatic N) is 2. The van der Waals surface area contributed by atoms with Crippen molar-refractivity contribution in [3.63, 3.8) is 0 Å². The van der Waals surface area contributed by atoms with Crippen molar-refractivity contribution in [3.8, 4) is 17.3 Å². The van der Waals surface area contributed by atoms with Crippen LogP contribution in [0.3, 0.4) is 0 Å². The first-order valence-electron chi connectivity index (χ1n) is 6.93. The standard InChI is InChI=1S/C16H13F2N3O2S/c1-3-23-15(22)11(7-19)8-20-16-21-14(9(2)24-16)10-4-5-12(17)13(18)6-10/h4-6,8H,3H2,1-2H3,(H,20,21)/b11-8+. The highest BCUT2D eigenvalue weighted by atomic mass is 32.1. The SMILES string of the molecule is CCOC(=O)/C(C#N)=C/Nc1nc(-c2ccc(F)c(F)c2)c(C)s1. The molecule has 0 spiro atoms. The molecular formula is C16H13F2N3O2S. The second kappa shape index (κ2) is 7.66. The summed E-state index contributed by atoms with van der Waals surface area (Å²) in [7, 11) is 0. The molecule has 0 saturated carbocycles. The number of aryl methyl sites for hydroxylation is 1. The van der Waals surface area contributed by atoms with Crippen LogP contribution in [0.1, 0.15) is 11.8 Å². The highest BCUT2D eigenvalue weighted by molar-refractivity contribution is 7.16. The van der Waals surface area contributed by atoms with E-state index in [4.69, 9.17) is 10.00 Å². The van der Waals surface area contributed by atoms with Gasteiger partial charge in [-0.25, -0.2) is 18.6 Å². The summed E-state index contributed by atoms with van der Waals surface area (Å²) in [6.45, 7) is 3.58. The van der Waals surface area contributed by atoms with Crippen LogP contribution in [0.5, 0.6) is 0 Å². The third-order valence-electron chi connectivity index (χ3n) is 2.95. The normalized spacial score (nSPS) is 11.0. The van der Waals surface area contributed by atoms with Crippen LogP contribution < -0.4 is 5.32 Å². The quantitative estimate of drug-likeness (QED) is 0.505. The first-order valence-corrected chi connectivity index (χ1v) is 7.74. The third kappa shape index (κ3) is 3.94. The van der Waals surface area contributed by atoms with Crippen molar-refractivity contribution in [1.82, 2.24) is 4.98 Å². The van der Waals surface area contributed by atoms with E-state index in [1.54, 1.807) is 19.9 Å². The zero-order valence-electron chi connectivity index (χ0n) is 12.9. The Kier molecular flexibility index (Phi) is 5.60. The maximum Gasteiger partial charge on any atom is 0.350 e. The number of rotatable bonds is 5. The van der Waals surface area contributed by atoms with Crippen LogP contribution in [-0.4, -0.2) is 17.6 Å². The van der Waals surface area contributed by atoms with E-state index in [-0.39, 0.29) is 12.2 Å². The van der Waals surface area contributed by atoms with Crippen molar-refractivity contribution in [2.45, 2.75) is 13.8 Å². The Bertz CT molecular complexity index is 840. The number of thiazole rings is 1. The molecule has 8 heteroatoms. The molecule has 2 rings (SSSR count). The van der Waals surface area contributed by atoms with Gasteiger partial charge < -0.3 is 10.1 Å². The van der Waals surface area contributed by atoms with Crippen LogP contribution in [0.2, 0.25) is 0 Å². The molecule has 0 atom stereocenters. The molecule has 5 nitrogen and oxygen atoms in total. The summed E-state index contributed by atoms with van der Waals surface area (Å²) in [5.74, 6) is -2.62. The average molecular weight is 349 g/mol. The van der Waals surface area contributed by atoms with E-state index in [2.05, 4.69) is 10.3 Å². The molecule has 0 amide bonds.